The maximum absolute atomic E-state index is 14.3. The first-order valence-electron chi connectivity index (χ1n) is 20.7. The Bertz CT molecular complexity index is 1110. The van der Waals surface area contributed by atoms with E-state index in [4.69, 9.17) is 5.73 Å². The maximum atomic E-state index is 14.3. The number of unbranched alkanes of at least 4 members (excludes halogenated alkanes) is 17. The van der Waals surface area contributed by atoms with Crippen LogP contribution in [0.15, 0.2) is 0 Å². The number of hydrogen-bond acceptors (Lipinski definition) is 9. The Morgan fingerprint density at radius 3 is 1.47 bits per heavy atom. The van der Waals surface area contributed by atoms with Crippen molar-refractivity contribution in [2.75, 3.05) is 6.54 Å². The Kier molecular flexibility index (Phi) is 35.5. The fourth-order valence-electron chi connectivity index (χ4n) is 6.36. The van der Waals surface area contributed by atoms with Gasteiger partial charge in [-0.3, -0.25) is 33.7 Å². The molecule has 0 rings (SSSR count). The van der Waals surface area contributed by atoms with Crippen molar-refractivity contribution < 1.29 is 78.4 Å². The monoisotopic (exact) mass is 791 g/mol. The van der Waals surface area contributed by atoms with E-state index in [0.717, 1.165) is 64.2 Å². The topological polar surface area (TPSA) is 236 Å². The van der Waals surface area contributed by atoms with Gasteiger partial charge in [0.25, 0.3) is 5.91 Å². The Morgan fingerprint density at radius 2 is 1.02 bits per heavy atom. The van der Waals surface area contributed by atoms with E-state index in [1.165, 1.54) is 32.1 Å². The number of carboxylic acid groups (broad SMARTS) is 3. The van der Waals surface area contributed by atoms with Crippen LogP contribution >= 0.6 is 0 Å². The van der Waals surface area contributed by atoms with Gasteiger partial charge in [0.1, 0.15) is 12.1 Å². The molecular formula is C40H71N4NaO10. The number of imide groups is 1. The smallest absolute Gasteiger partial charge is 0.548 e. The molecule has 0 aliphatic heterocycles. The third kappa shape index (κ3) is 28.5. The van der Waals surface area contributed by atoms with Gasteiger partial charge in [0.15, 0.2) is 0 Å². The number of hydrogen-bond donors (Lipinski definition) is 5. The number of carbonyl (C=O) groups is 7. The van der Waals surface area contributed by atoms with E-state index in [9.17, 15) is 48.9 Å². The molecule has 6 N–H and O–H groups in total. The third-order valence-electron chi connectivity index (χ3n) is 9.58. The zero-order valence-corrected chi connectivity index (χ0v) is 36.2. The zero-order chi connectivity index (χ0) is 40.6. The van der Waals surface area contributed by atoms with Gasteiger partial charge in [-0.2, -0.15) is 0 Å². The summed E-state index contributed by atoms with van der Waals surface area (Å²) in [5, 5.41) is 35.8. The molecule has 0 bridgehead atoms. The molecule has 0 aromatic heterocycles. The Morgan fingerprint density at radius 1 is 0.564 bits per heavy atom. The maximum Gasteiger partial charge on any atom is 1.00 e. The first-order valence-corrected chi connectivity index (χ1v) is 20.7. The predicted octanol–water partition coefficient (Wildman–Crippen LogP) is 2.13. The van der Waals surface area contributed by atoms with Gasteiger partial charge < -0.3 is 36.5 Å². The molecule has 0 spiro atoms. The van der Waals surface area contributed by atoms with Crippen LogP contribution in [0.1, 0.15) is 187 Å². The summed E-state index contributed by atoms with van der Waals surface area (Å²) < 4.78 is 0. The molecule has 0 unspecified atom stereocenters. The minimum absolute atomic E-state index is 0. The third-order valence-corrected chi connectivity index (χ3v) is 9.58. The number of nitrogens with zero attached hydrogens (tertiary/aromatic N) is 1. The van der Waals surface area contributed by atoms with Gasteiger partial charge >= 0.3 is 41.5 Å². The molecule has 0 aliphatic carbocycles. The van der Waals surface area contributed by atoms with E-state index >= 15 is 0 Å². The van der Waals surface area contributed by atoms with Crippen LogP contribution in [0.25, 0.3) is 0 Å². The molecule has 4 amide bonds. The number of aliphatic carboxylic acids is 3. The van der Waals surface area contributed by atoms with Crippen LogP contribution in [-0.4, -0.2) is 81.3 Å². The molecule has 0 heterocycles. The van der Waals surface area contributed by atoms with Crippen molar-refractivity contribution in [3.8, 4) is 0 Å². The number of nitrogens with one attached hydrogen (secondary N) is 2. The van der Waals surface area contributed by atoms with Crippen molar-refractivity contribution in [2.45, 2.75) is 205 Å². The van der Waals surface area contributed by atoms with Crippen LogP contribution in [0.5, 0.6) is 0 Å². The molecule has 0 aromatic carbocycles. The summed E-state index contributed by atoms with van der Waals surface area (Å²) >= 11 is 0. The second-order valence-electron chi connectivity index (χ2n) is 14.4. The van der Waals surface area contributed by atoms with Crippen molar-refractivity contribution in [1.29, 1.82) is 0 Å². The molecule has 15 heteroatoms. The van der Waals surface area contributed by atoms with Crippen LogP contribution in [0.2, 0.25) is 0 Å². The molecule has 0 aliphatic rings. The van der Waals surface area contributed by atoms with Crippen LogP contribution in [0.3, 0.4) is 0 Å². The van der Waals surface area contributed by atoms with Crippen molar-refractivity contribution in [2.24, 2.45) is 5.73 Å². The second kappa shape index (κ2) is 35.8. The van der Waals surface area contributed by atoms with Gasteiger partial charge in [-0.25, -0.2) is 0 Å². The summed E-state index contributed by atoms with van der Waals surface area (Å²) in [7, 11) is 0. The normalized spacial score (nSPS) is 12.5. The molecular weight excluding hydrogens is 719 g/mol. The van der Waals surface area contributed by atoms with Crippen molar-refractivity contribution in [3.63, 3.8) is 0 Å². The molecule has 0 aromatic rings. The Balaban J connectivity index is 0. The molecule has 55 heavy (non-hydrogen) atoms. The van der Waals surface area contributed by atoms with Gasteiger partial charge in [-0.15, -0.1) is 0 Å². The van der Waals surface area contributed by atoms with Gasteiger partial charge in [0, 0.05) is 25.7 Å². The first kappa shape index (κ1) is 54.5. The standard InChI is InChI=1S/C40H72N4O10.Na/c1-3-5-7-9-11-13-15-17-19-24-34(45)42-31(26-28-36(47)48)39(52)44(35(46)25-20-18-16-14-12-10-8-6-4-2)33(27-29-37(49)50)38(51)43-32(40(53)54)23-21-22-30-41;/h31-33H,3-30,41H2,1-2H3,(H,42,45)(H,43,51)(H,47,48)(H,49,50)(H,53,54);/q;+1/p-1/t31-,32-,33-;/m0./s1. The van der Waals surface area contributed by atoms with Crippen molar-refractivity contribution >= 4 is 41.5 Å². The van der Waals surface area contributed by atoms with Crippen LogP contribution in [-0.2, 0) is 33.6 Å². The second-order valence-corrected chi connectivity index (χ2v) is 14.4. The molecule has 0 fully saturated rings. The fraction of sp³-hybridized carbons (Fsp3) is 0.825. The van der Waals surface area contributed by atoms with E-state index in [-0.39, 0.29) is 61.8 Å². The summed E-state index contributed by atoms with van der Waals surface area (Å²) in [6.07, 6.45) is 16.3. The number of nitrogens with two attached hydrogens (primary N) is 1. The van der Waals surface area contributed by atoms with Crippen LogP contribution in [0, 0.1) is 0 Å². The number of carboxylic acids is 3. The summed E-state index contributed by atoms with van der Waals surface area (Å²) in [5.41, 5.74) is 5.52. The summed E-state index contributed by atoms with van der Waals surface area (Å²) in [4.78, 5) is 90.8. The average molecular weight is 791 g/mol. The summed E-state index contributed by atoms with van der Waals surface area (Å²) in [5.74, 6) is -7.59. The average Bonchev–Trinajstić information content (AvgIpc) is 3.12. The predicted molar refractivity (Wildman–Crippen MR) is 205 cm³/mol. The quantitative estimate of drug-likeness (QED) is 0.0455. The van der Waals surface area contributed by atoms with Crippen molar-refractivity contribution in [3.05, 3.63) is 0 Å². The van der Waals surface area contributed by atoms with Crippen LogP contribution < -0.4 is 51.0 Å². The number of rotatable bonds is 36. The number of amides is 4. The molecule has 0 saturated heterocycles. The van der Waals surface area contributed by atoms with E-state index in [0.29, 0.717) is 37.0 Å². The largest absolute Gasteiger partial charge is 1.00 e. The van der Waals surface area contributed by atoms with E-state index in [2.05, 4.69) is 24.5 Å². The first-order chi connectivity index (χ1) is 25.9. The molecule has 0 saturated carbocycles. The van der Waals surface area contributed by atoms with Crippen LogP contribution in [0.4, 0.5) is 0 Å². The van der Waals surface area contributed by atoms with Crippen molar-refractivity contribution in [1.82, 2.24) is 15.5 Å². The fourth-order valence-corrected chi connectivity index (χ4v) is 6.36. The minimum Gasteiger partial charge on any atom is -0.548 e. The summed E-state index contributed by atoms with van der Waals surface area (Å²) in [6.45, 7) is 4.59. The van der Waals surface area contributed by atoms with E-state index in [1.54, 1.807) is 0 Å². The van der Waals surface area contributed by atoms with Gasteiger partial charge in [0.2, 0.25) is 17.7 Å². The van der Waals surface area contributed by atoms with Gasteiger partial charge in [-0.1, -0.05) is 117 Å². The molecule has 312 valence electrons. The van der Waals surface area contributed by atoms with Gasteiger partial charge in [0.05, 0.1) is 12.0 Å². The SMILES string of the molecule is CCCCCCCCCCCC(=O)N[C@@H](CCC(=O)O)C(=O)N(C(=O)CCCCCCCCCCC)[C@@H](CCC(=O)O)C(=O)N[C@@H](CCCCN)C(=O)[O-].[Na+]. The molecule has 14 nitrogen and oxygen atoms in total. The van der Waals surface area contributed by atoms with E-state index < -0.39 is 78.9 Å². The Hall–Kier alpha value is -2.55. The number of carbonyl (C=O) groups excluding carboxylic acids is 5. The minimum atomic E-state index is -1.74. The summed E-state index contributed by atoms with van der Waals surface area (Å²) in [6, 6.07) is -4.74. The molecule has 0 radical (unpaired) electrons. The molecule has 3 atom stereocenters. The zero-order valence-electron chi connectivity index (χ0n) is 34.2. The van der Waals surface area contributed by atoms with Gasteiger partial charge in [-0.05, 0) is 51.5 Å². The Labute approximate surface area is 351 Å². The van der Waals surface area contributed by atoms with E-state index in [1.807, 2.05) is 0 Å².